The summed E-state index contributed by atoms with van der Waals surface area (Å²) in [7, 11) is 0. The van der Waals surface area contributed by atoms with Crippen LogP contribution >= 0.6 is 0 Å². The van der Waals surface area contributed by atoms with Gasteiger partial charge in [0.05, 0.1) is 11.6 Å². The van der Waals surface area contributed by atoms with Crippen LogP contribution in [-0.4, -0.2) is 70.2 Å². The van der Waals surface area contributed by atoms with E-state index in [1.165, 1.54) is 11.1 Å². The fourth-order valence-electron chi connectivity index (χ4n) is 5.50. The van der Waals surface area contributed by atoms with Crippen LogP contribution in [0, 0.1) is 0 Å². The van der Waals surface area contributed by atoms with Gasteiger partial charge in [-0.05, 0) is 17.5 Å². The summed E-state index contributed by atoms with van der Waals surface area (Å²) in [4.78, 5) is 7.82. The van der Waals surface area contributed by atoms with Crippen LogP contribution in [-0.2, 0) is 13.1 Å². The number of aliphatic hydroxyl groups excluding tert-OH is 1. The van der Waals surface area contributed by atoms with Crippen LogP contribution < -0.4 is 0 Å². The minimum absolute atomic E-state index is 0.160. The second kappa shape index (κ2) is 7.02. The minimum atomic E-state index is -0.160. The zero-order valence-corrected chi connectivity index (χ0v) is 15.9. The molecule has 0 bridgehead atoms. The van der Waals surface area contributed by atoms with Crippen molar-refractivity contribution in [2.75, 3.05) is 32.7 Å². The van der Waals surface area contributed by atoms with Crippen LogP contribution in [0.25, 0.3) is 0 Å². The maximum absolute atomic E-state index is 10.3. The number of piperazine rings is 1. The van der Waals surface area contributed by atoms with E-state index in [0.717, 1.165) is 52.2 Å². The lowest BCUT2D eigenvalue weighted by molar-refractivity contribution is -0.118. The smallest absolute Gasteiger partial charge is 0.0682 e. The maximum atomic E-state index is 10.3. The molecule has 0 saturated carbocycles. The van der Waals surface area contributed by atoms with Gasteiger partial charge in [-0.15, -0.1) is 0 Å². The van der Waals surface area contributed by atoms with E-state index in [1.807, 2.05) is 0 Å². The van der Waals surface area contributed by atoms with Crippen LogP contribution in [0.1, 0.15) is 17.5 Å². The molecule has 2 atom stereocenters. The fourth-order valence-corrected chi connectivity index (χ4v) is 5.50. The molecule has 1 N–H and O–H groups in total. The molecule has 3 fully saturated rings. The van der Waals surface area contributed by atoms with Gasteiger partial charge in [0.2, 0.25) is 0 Å². The van der Waals surface area contributed by atoms with Crippen molar-refractivity contribution in [3.8, 4) is 0 Å². The highest BCUT2D eigenvalue weighted by Crippen LogP contribution is 2.39. The van der Waals surface area contributed by atoms with Gasteiger partial charge in [0, 0.05) is 51.9 Å². The van der Waals surface area contributed by atoms with Gasteiger partial charge in [-0.2, -0.15) is 0 Å². The first kappa shape index (κ1) is 17.4. The molecular formula is C23H29N3O. The van der Waals surface area contributed by atoms with Crippen LogP contribution in [0.3, 0.4) is 0 Å². The Hall–Kier alpha value is -1.72. The zero-order chi connectivity index (χ0) is 18.3. The van der Waals surface area contributed by atoms with Crippen molar-refractivity contribution >= 4 is 0 Å². The first-order valence-corrected chi connectivity index (χ1v) is 10.2. The average Bonchev–Trinajstić information content (AvgIpc) is 3.03. The first-order chi connectivity index (χ1) is 13.2. The fraction of sp³-hybridized carbons (Fsp3) is 0.478. The molecule has 3 aliphatic rings. The molecule has 0 aromatic heterocycles. The Morgan fingerprint density at radius 1 is 0.778 bits per heavy atom. The third-order valence-corrected chi connectivity index (χ3v) is 6.52. The molecule has 5 rings (SSSR count). The molecule has 4 heteroatoms. The second-order valence-electron chi connectivity index (χ2n) is 8.71. The molecule has 2 aromatic rings. The number of hydrogen-bond donors (Lipinski definition) is 1. The van der Waals surface area contributed by atoms with Gasteiger partial charge in [0.1, 0.15) is 0 Å². The molecule has 0 unspecified atom stereocenters. The topological polar surface area (TPSA) is 30.0 Å². The lowest BCUT2D eigenvalue weighted by Crippen LogP contribution is -2.77. The second-order valence-corrected chi connectivity index (χ2v) is 8.71. The van der Waals surface area contributed by atoms with Crippen molar-refractivity contribution in [2.45, 2.75) is 37.2 Å². The average molecular weight is 364 g/mol. The molecule has 0 radical (unpaired) electrons. The number of aliphatic hydroxyl groups is 1. The van der Waals surface area contributed by atoms with E-state index in [2.05, 4.69) is 75.4 Å². The van der Waals surface area contributed by atoms with Crippen molar-refractivity contribution in [1.29, 1.82) is 0 Å². The molecule has 0 amide bonds. The van der Waals surface area contributed by atoms with Crippen LogP contribution in [0.15, 0.2) is 60.7 Å². The molecule has 3 aliphatic heterocycles. The number of hydrogen-bond acceptors (Lipinski definition) is 4. The largest absolute Gasteiger partial charge is 0.392 e. The van der Waals surface area contributed by atoms with Gasteiger partial charge >= 0.3 is 0 Å². The van der Waals surface area contributed by atoms with E-state index in [4.69, 9.17) is 0 Å². The lowest BCUT2D eigenvalue weighted by atomic mass is 9.83. The highest BCUT2D eigenvalue weighted by Gasteiger charge is 2.55. The number of β-amino-alcohol motifs (C(OH)–C–C–N with tert-alkyl or cyclic N) is 1. The SMILES string of the molecule is O[C@@H]1C[C@H]2CN(Cc3ccccc3)CC3(CN(Cc4ccccc4)C3)N2C1. The molecule has 3 saturated heterocycles. The Morgan fingerprint density at radius 3 is 1.96 bits per heavy atom. The summed E-state index contributed by atoms with van der Waals surface area (Å²) in [6.45, 7) is 7.29. The zero-order valence-electron chi connectivity index (χ0n) is 15.9. The van der Waals surface area contributed by atoms with E-state index in [0.29, 0.717) is 6.04 Å². The van der Waals surface area contributed by atoms with Gasteiger partial charge in [0.15, 0.2) is 0 Å². The Balaban J connectivity index is 1.30. The molecule has 0 aliphatic carbocycles. The van der Waals surface area contributed by atoms with Crippen molar-refractivity contribution in [2.24, 2.45) is 0 Å². The summed E-state index contributed by atoms with van der Waals surface area (Å²) in [5.74, 6) is 0. The van der Waals surface area contributed by atoms with Gasteiger partial charge in [0.25, 0.3) is 0 Å². The molecule has 142 valence electrons. The van der Waals surface area contributed by atoms with Gasteiger partial charge < -0.3 is 5.11 Å². The van der Waals surface area contributed by atoms with E-state index >= 15 is 0 Å². The quantitative estimate of drug-likeness (QED) is 0.902. The first-order valence-electron chi connectivity index (χ1n) is 10.2. The number of likely N-dealkylation sites (tertiary alicyclic amines) is 1. The summed E-state index contributed by atoms with van der Waals surface area (Å²) < 4.78 is 0. The summed E-state index contributed by atoms with van der Waals surface area (Å²) >= 11 is 0. The molecule has 4 nitrogen and oxygen atoms in total. The van der Waals surface area contributed by atoms with Crippen LogP contribution in [0.2, 0.25) is 0 Å². The van der Waals surface area contributed by atoms with E-state index in [-0.39, 0.29) is 11.6 Å². The predicted octanol–water partition coefficient (Wildman–Crippen LogP) is 2.19. The number of rotatable bonds is 4. The van der Waals surface area contributed by atoms with Gasteiger partial charge in [-0.25, -0.2) is 0 Å². The normalized spacial score (nSPS) is 28.2. The van der Waals surface area contributed by atoms with E-state index in [9.17, 15) is 5.11 Å². The third-order valence-electron chi connectivity index (χ3n) is 6.52. The highest BCUT2D eigenvalue weighted by atomic mass is 16.3. The number of fused-ring (bicyclic) bond motifs is 2. The Labute approximate surface area is 162 Å². The summed E-state index contributed by atoms with van der Waals surface area (Å²) in [6.07, 6.45) is 0.762. The molecule has 27 heavy (non-hydrogen) atoms. The van der Waals surface area contributed by atoms with E-state index < -0.39 is 0 Å². The summed E-state index contributed by atoms with van der Waals surface area (Å²) in [5.41, 5.74) is 2.99. The third kappa shape index (κ3) is 3.43. The summed E-state index contributed by atoms with van der Waals surface area (Å²) in [5, 5.41) is 10.3. The lowest BCUT2D eigenvalue weighted by Gasteiger charge is -2.61. The summed E-state index contributed by atoms with van der Waals surface area (Å²) in [6, 6.07) is 22.1. The standard InChI is InChI=1S/C23H29N3O/c27-22-11-21-14-24(12-19-7-3-1-4-8-19)16-23(26(21)15-22)17-25(18-23)13-20-9-5-2-6-10-20/h1-10,21-22,27H,11-18H2/t21-,22+/m0/s1. The van der Waals surface area contributed by atoms with Gasteiger partial charge in [-0.3, -0.25) is 14.7 Å². The Bertz CT molecular complexity index is 760. The number of benzene rings is 2. The van der Waals surface area contributed by atoms with Crippen molar-refractivity contribution in [1.82, 2.24) is 14.7 Å². The van der Waals surface area contributed by atoms with Gasteiger partial charge in [-0.1, -0.05) is 60.7 Å². The number of nitrogens with zero attached hydrogens (tertiary/aromatic N) is 3. The molecule has 1 spiro atoms. The predicted molar refractivity (Wildman–Crippen MR) is 107 cm³/mol. The van der Waals surface area contributed by atoms with E-state index in [1.54, 1.807) is 0 Å². The highest BCUT2D eigenvalue weighted by molar-refractivity contribution is 5.20. The minimum Gasteiger partial charge on any atom is -0.392 e. The maximum Gasteiger partial charge on any atom is 0.0682 e. The van der Waals surface area contributed by atoms with Crippen molar-refractivity contribution in [3.05, 3.63) is 71.8 Å². The Kier molecular flexibility index (Phi) is 4.52. The van der Waals surface area contributed by atoms with Crippen molar-refractivity contribution < 1.29 is 5.11 Å². The van der Waals surface area contributed by atoms with Crippen LogP contribution in [0.5, 0.6) is 0 Å². The molecular weight excluding hydrogens is 334 g/mol. The molecule has 2 aromatic carbocycles. The monoisotopic (exact) mass is 363 g/mol. The molecule has 3 heterocycles. The van der Waals surface area contributed by atoms with Crippen LogP contribution in [0.4, 0.5) is 0 Å². The van der Waals surface area contributed by atoms with Crippen molar-refractivity contribution in [3.63, 3.8) is 0 Å². The Morgan fingerprint density at radius 2 is 1.33 bits per heavy atom.